The van der Waals surface area contributed by atoms with Crippen LogP contribution >= 0.6 is 0 Å². The number of hydrogen-bond donors (Lipinski definition) is 1. The molecule has 1 aromatic heterocycles. The van der Waals surface area contributed by atoms with E-state index < -0.39 is 5.60 Å². The second kappa shape index (κ2) is 5.10. The maximum atomic E-state index is 10.5. The molecule has 0 radical (unpaired) electrons. The lowest BCUT2D eigenvalue weighted by molar-refractivity contribution is 0.0792. The van der Waals surface area contributed by atoms with Gasteiger partial charge in [-0.2, -0.15) is 0 Å². The van der Waals surface area contributed by atoms with E-state index in [9.17, 15) is 5.11 Å². The smallest absolute Gasteiger partial charge is 0.142 e. The summed E-state index contributed by atoms with van der Waals surface area (Å²) >= 11 is 0. The van der Waals surface area contributed by atoms with E-state index in [4.69, 9.17) is 4.42 Å². The van der Waals surface area contributed by atoms with Crippen LogP contribution in [0.1, 0.15) is 37.2 Å². The first-order valence-electron chi connectivity index (χ1n) is 8.09. The van der Waals surface area contributed by atoms with E-state index in [1.807, 2.05) is 32.0 Å². The Morgan fingerprint density at radius 2 is 1.78 bits per heavy atom. The average Bonchev–Trinajstić information content (AvgIpc) is 2.93. The Bertz CT molecular complexity index is 907. The lowest BCUT2D eigenvalue weighted by Gasteiger charge is -2.21. The first kappa shape index (κ1) is 14.3. The Balaban J connectivity index is 2.01. The van der Waals surface area contributed by atoms with E-state index in [1.54, 1.807) is 0 Å². The zero-order valence-corrected chi connectivity index (χ0v) is 13.5. The van der Waals surface area contributed by atoms with Crippen LogP contribution in [0.4, 0.5) is 0 Å². The van der Waals surface area contributed by atoms with Crippen LogP contribution in [0.5, 0.6) is 0 Å². The lowest BCUT2D eigenvalue weighted by atomic mass is 9.89. The number of rotatable bonds is 2. The van der Waals surface area contributed by atoms with Crippen molar-refractivity contribution in [3.05, 3.63) is 65.4 Å². The molecule has 0 atom stereocenters. The standard InChI is InChI=1S/C21H20O2/c1-21(2,22)18-12-5-3-8-14(18)16-10-7-11-17-15-9-4-6-13-19(15)23-20(16)17/h3-5,7-12,22H,6,13H2,1-2H3. The molecule has 1 aliphatic rings. The molecule has 0 saturated carbocycles. The van der Waals surface area contributed by atoms with Gasteiger partial charge < -0.3 is 9.52 Å². The van der Waals surface area contributed by atoms with Crippen LogP contribution < -0.4 is 0 Å². The first-order valence-corrected chi connectivity index (χ1v) is 8.09. The van der Waals surface area contributed by atoms with Crippen molar-refractivity contribution < 1.29 is 9.52 Å². The predicted octanol–water partition coefficient (Wildman–Crippen LogP) is 5.29. The fourth-order valence-corrected chi connectivity index (χ4v) is 3.44. The summed E-state index contributed by atoms with van der Waals surface area (Å²) in [6, 6.07) is 14.3. The van der Waals surface area contributed by atoms with Crippen molar-refractivity contribution in [2.45, 2.75) is 32.3 Å². The summed E-state index contributed by atoms with van der Waals surface area (Å²) in [6.45, 7) is 3.64. The number of aryl methyl sites for hydroxylation is 1. The summed E-state index contributed by atoms with van der Waals surface area (Å²) in [4.78, 5) is 0. The van der Waals surface area contributed by atoms with Gasteiger partial charge in [0.05, 0.1) is 5.60 Å². The van der Waals surface area contributed by atoms with Gasteiger partial charge in [0.15, 0.2) is 0 Å². The molecule has 23 heavy (non-hydrogen) atoms. The molecule has 0 fully saturated rings. The SMILES string of the molecule is CC(C)(O)c1ccccc1-c1cccc2c3c(oc12)CCC=C3. The number of hydrogen-bond acceptors (Lipinski definition) is 2. The third-order valence-corrected chi connectivity index (χ3v) is 4.53. The van der Waals surface area contributed by atoms with E-state index in [2.05, 4.69) is 36.4 Å². The highest BCUT2D eigenvalue weighted by molar-refractivity contribution is 5.99. The van der Waals surface area contributed by atoms with Crippen LogP contribution in [0.3, 0.4) is 0 Å². The first-order chi connectivity index (χ1) is 11.1. The maximum Gasteiger partial charge on any atom is 0.142 e. The molecule has 1 N–H and O–H groups in total. The summed E-state index contributed by atoms with van der Waals surface area (Å²) in [7, 11) is 0. The molecular formula is C21H20O2. The molecule has 0 saturated heterocycles. The van der Waals surface area contributed by atoms with Crippen molar-refractivity contribution in [2.24, 2.45) is 0 Å². The molecule has 0 amide bonds. The van der Waals surface area contributed by atoms with Gasteiger partial charge in [-0.15, -0.1) is 0 Å². The van der Waals surface area contributed by atoms with Crippen LogP contribution in [0.25, 0.3) is 28.2 Å². The minimum absolute atomic E-state index is 0.898. The number of allylic oxidation sites excluding steroid dienone is 1. The fraction of sp³-hybridized carbons (Fsp3) is 0.238. The maximum absolute atomic E-state index is 10.5. The third kappa shape index (κ3) is 2.30. The Kier molecular flexibility index (Phi) is 3.17. The number of benzene rings is 2. The Labute approximate surface area is 136 Å². The summed E-state index contributed by atoms with van der Waals surface area (Å²) in [5, 5.41) is 11.7. The quantitative estimate of drug-likeness (QED) is 0.698. The highest BCUT2D eigenvalue weighted by Gasteiger charge is 2.23. The molecule has 0 bridgehead atoms. The van der Waals surface area contributed by atoms with Gasteiger partial charge >= 0.3 is 0 Å². The topological polar surface area (TPSA) is 33.4 Å². The van der Waals surface area contributed by atoms with E-state index in [1.165, 1.54) is 5.56 Å². The van der Waals surface area contributed by atoms with Gasteiger partial charge in [0.1, 0.15) is 11.3 Å². The molecule has 0 aliphatic heterocycles. The molecular weight excluding hydrogens is 284 g/mol. The van der Waals surface area contributed by atoms with Crippen LogP contribution in [-0.2, 0) is 12.0 Å². The van der Waals surface area contributed by atoms with Crippen LogP contribution in [-0.4, -0.2) is 5.11 Å². The van der Waals surface area contributed by atoms with Crippen molar-refractivity contribution in [2.75, 3.05) is 0 Å². The Hall–Kier alpha value is -2.32. The minimum atomic E-state index is -0.898. The largest absolute Gasteiger partial charge is 0.460 e. The second-order valence-corrected chi connectivity index (χ2v) is 6.67. The van der Waals surface area contributed by atoms with Gasteiger partial charge in [-0.3, -0.25) is 0 Å². The van der Waals surface area contributed by atoms with E-state index >= 15 is 0 Å². The summed E-state index contributed by atoms with van der Waals surface area (Å²) in [5.74, 6) is 1.07. The van der Waals surface area contributed by atoms with Crippen molar-refractivity contribution in [1.29, 1.82) is 0 Å². The normalized spacial score (nSPS) is 14.2. The number of aliphatic hydroxyl groups is 1. The molecule has 1 heterocycles. The van der Waals surface area contributed by atoms with Crippen LogP contribution in [0.15, 0.2) is 53.0 Å². The van der Waals surface area contributed by atoms with E-state index in [0.717, 1.165) is 46.3 Å². The van der Waals surface area contributed by atoms with Crippen molar-refractivity contribution >= 4 is 17.0 Å². The number of para-hydroxylation sites is 1. The number of furan rings is 1. The van der Waals surface area contributed by atoms with Gasteiger partial charge in [-0.05, 0) is 31.4 Å². The Morgan fingerprint density at radius 1 is 1.00 bits per heavy atom. The summed E-state index contributed by atoms with van der Waals surface area (Å²) in [5.41, 5.74) is 4.21. The van der Waals surface area contributed by atoms with Gasteiger partial charge in [-0.1, -0.05) is 54.6 Å². The molecule has 1 aliphatic carbocycles. The molecule has 2 nitrogen and oxygen atoms in total. The molecule has 2 aromatic carbocycles. The van der Waals surface area contributed by atoms with Crippen molar-refractivity contribution in [1.82, 2.24) is 0 Å². The highest BCUT2D eigenvalue weighted by atomic mass is 16.3. The molecule has 0 unspecified atom stereocenters. The monoisotopic (exact) mass is 304 g/mol. The molecule has 2 heteroatoms. The van der Waals surface area contributed by atoms with Crippen molar-refractivity contribution in [3.63, 3.8) is 0 Å². The number of fused-ring (bicyclic) bond motifs is 3. The van der Waals surface area contributed by atoms with E-state index in [0.29, 0.717) is 0 Å². The van der Waals surface area contributed by atoms with Crippen LogP contribution in [0, 0.1) is 0 Å². The zero-order valence-electron chi connectivity index (χ0n) is 13.5. The van der Waals surface area contributed by atoms with Gasteiger partial charge in [0, 0.05) is 22.9 Å². The molecule has 116 valence electrons. The molecule has 0 spiro atoms. The fourth-order valence-electron chi connectivity index (χ4n) is 3.44. The predicted molar refractivity (Wildman–Crippen MR) is 94.2 cm³/mol. The second-order valence-electron chi connectivity index (χ2n) is 6.67. The van der Waals surface area contributed by atoms with Gasteiger partial charge in [0.25, 0.3) is 0 Å². The average molecular weight is 304 g/mol. The Morgan fingerprint density at radius 3 is 2.61 bits per heavy atom. The molecule has 4 rings (SSSR count). The highest BCUT2D eigenvalue weighted by Crippen LogP contribution is 2.39. The summed E-state index contributed by atoms with van der Waals surface area (Å²) < 4.78 is 6.21. The summed E-state index contributed by atoms with van der Waals surface area (Å²) in [6.07, 6.45) is 6.35. The van der Waals surface area contributed by atoms with Crippen molar-refractivity contribution in [3.8, 4) is 11.1 Å². The van der Waals surface area contributed by atoms with Gasteiger partial charge in [0.2, 0.25) is 0 Å². The molecule has 3 aromatic rings. The van der Waals surface area contributed by atoms with Gasteiger partial charge in [-0.25, -0.2) is 0 Å². The van der Waals surface area contributed by atoms with Crippen LogP contribution in [0.2, 0.25) is 0 Å². The minimum Gasteiger partial charge on any atom is -0.460 e. The lowest BCUT2D eigenvalue weighted by Crippen LogP contribution is -2.16. The van der Waals surface area contributed by atoms with E-state index in [-0.39, 0.29) is 0 Å². The third-order valence-electron chi connectivity index (χ3n) is 4.53. The zero-order chi connectivity index (χ0) is 16.0.